The number of hydrogen-bond donors (Lipinski definition) is 2. The molecule has 2 atom stereocenters. The molecular formula is C23H29N3O2. The summed E-state index contributed by atoms with van der Waals surface area (Å²) < 4.78 is 6.42. The van der Waals surface area contributed by atoms with Crippen molar-refractivity contribution in [2.45, 2.75) is 38.5 Å². The second-order valence-corrected chi connectivity index (χ2v) is 7.57. The standard InChI is InChI=1S/C23H29N3O2/c1-3-26(4-2)22(27)17-10-11-20(25-15-17)19-14-23(12-7-13-24-16-23)28-21-9-6-5-8-18(19)21/h5-6,8-11,14-15,22,24,27H,3-4,7,12-13,16H2,1-2H3. The van der Waals surface area contributed by atoms with E-state index in [-0.39, 0.29) is 5.60 Å². The second-order valence-electron chi connectivity index (χ2n) is 7.57. The van der Waals surface area contributed by atoms with E-state index in [1.165, 1.54) is 0 Å². The normalized spacial score (nSPS) is 22.5. The Hall–Kier alpha value is -2.21. The smallest absolute Gasteiger partial charge is 0.140 e. The summed E-state index contributed by atoms with van der Waals surface area (Å²) in [5.41, 5.74) is 3.60. The topological polar surface area (TPSA) is 57.6 Å². The van der Waals surface area contributed by atoms with Crippen molar-refractivity contribution in [2.24, 2.45) is 0 Å². The summed E-state index contributed by atoms with van der Waals surface area (Å²) in [6.07, 6.45) is 5.50. The number of para-hydroxylation sites is 1. The Bertz CT molecular complexity index is 837. The van der Waals surface area contributed by atoms with Crippen molar-refractivity contribution in [3.8, 4) is 5.75 Å². The van der Waals surface area contributed by atoms with Crippen LogP contribution in [0.1, 0.15) is 49.7 Å². The molecule has 2 aromatic rings. The Morgan fingerprint density at radius 2 is 2.04 bits per heavy atom. The van der Waals surface area contributed by atoms with Crippen molar-refractivity contribution in [3.63, 3.8) is 0 Å². The number of benzene rings is 1. The number of fused-ring (bicyclic) bond motifs is 1. The minimum atomic E-state index is -0.624. The largest absolute Gasteiger partial charge is 0.481 e. The molecule has 148 valence electrons. The molecule has 1 spiro atoms. The zero-order chi connectivity index (χ0) is 19.6. The molecule has 0 aliphatic carbocycles. The number of ether oxygens (including phenoxy) is 1. The van der Waals surface area contributed by atoms with Gasteiger partial charge in [0.15, 0.2) is 0 Å². The SMILES string of the molecule is CCN(CC)C(O)c1ccc(C2=CC3(CCCNC3)Oc3ccccc32)nc1. The first-order valence-corrected chi connectivity index (χ1v) is 10.3. The highest BCUT2D eigenvalue weighted by Crippen LogP contribution is 2.41. The van der Waals surface area contributed by atoms with E-state index in [0.717, 1.165) is 67.2 Å². The summed E-state index contributed by atoms with van der Waals surface area (Å²) in [7, 11) is 0. The van der Waals surface area contributed by atoms with Gasteiger partial charge in [-0.1, -0.05) is 38.1 Å². The maximum absolute atomic E-state index is 10.6. The van der Waals surface area contributed by atoms with E-state index in [0.29, 0.717) is 0 Å². The van der Waals surface area contributed by atoms with Crippen molar-refractivity contribution < 1.29 is 9.84 Å². The molecule has 5 heteroatoms. The van der Waals surface area contributed by atoms with Crippen LogP contribution in [0.15, 0.2) is 48.7 Å². The molecule has 2 aliphatic heterocycles. The predicted octanol–water partition coefficient (Wildman–Crippen LogP) is 3.36. The van der Waals surface area contributed by atoms with E-state index >= 15 is 0 Å². The summed E-state index contributed by atoms with van der Waals surface area (Å²) in [4.78, 5) is 6.72. The number of piperidine rings is 1. The van der Waals surface area contributed by atoms with Crippen molar-refractivity contribution in [2.75, 3.05) is 26.2 Å². The van der Waals surface area contributed by atoms with Crippen molar-refractivity contribution in [3.05, 3.63) is 65.5 Å². The molecule has 1 fully saturated rings. The fraction of sp³-hybridized carbons (Fsp3) is 0.435. The van der Waals surface area contributed by atoms with Gasteiger partial charge in [-0.05, 0) is 50.7 Å². The first-order valence-electron chi connectivity index (χ1n) is 10.3. The van der Waals surface area contributed by atoms with Gasteiger partial charge >= 0.3 is 0 Å². The van der Waals surface area contributed by atoms with Gasteiger partial charge in [0.2, 0.25) is 0 Å². The van der Waals surface area contributed by atoms with Gasteiger partial charge in [0.1, 0.15) is 17.6 Å². The number of pyridine rings is 1. The summed E-state index contributed by atoms with van der Waals surface area (Å²) in [6.45, 7) is 7.54. The molecule has 4 rings (SSSR count). The van der Waals surface area contributed by atoms with Gasteiger partial charge in [0.05, 0.1) is 5.69 Å². The fourth-order valence-electron chi connectivity index (χ4n) is 4.19. The lowest BCUT2D eigenvalue weighted by Crippen LogP contribution is -2.49. The summed E-state index contributed by atoms with van der Waals surface area (Å²) in [6, 6.07) is 12.2. The van der Waals surface area contributed by atoms with Crippen molar-refractivity contribution in [1.29, 1.82) is 0 Å². The van der Waals surface area contributed by atoms with E-state index in [1.807, 2.05) is 35.2 Å². The van der Waals surface area contributed by atoms with Gasteiger partial charge in [-0.2, -0.15) is 0 Å². The van der Waals surface area contributed by atoms with Crippen LogP contribution in [0.25, 0.3) is 5.57 Å². The van der Waals surface area contributed by atoms with Crippen LogP contribution in [0.5, 0.6) is 5.75 Å². The molecule has 5 nitrogen and oxygen atoms in total. The summed E-state index contributed by atoms with van der Waals surface area (Å²) in [5.74, 6) is 0.915. The van der Waals surface area contributed by atoms with Crippen LogP contribution < -0.4 is 10.1 Å². The van der Waals surface area contributed by atoms with Crippen LogP contribution in [0.2, 0.25) is 0 Å². The predicted molar refractivity (Wildman–Crippen MR) is 111 cm³/mol. The summed E-state index contributed by atoms with van der Waals surface area (Å²) in [5, 5.41) is 14.0. The lowest BCUT2D eigenvalue weighted by Gasteiger charge is -2.39. The van der Waals surface area contributed by atoms with Crippen LogP contribution >= 0.6 is 0 Å². The minimum Gasteiger partial charge on any atom is -0.481 e. The Morgan fingerprint density at radius 3 is 2.71 bits per heavy atom. The fourth-order valence-corrected chi connectivity index (χ4v) is 4.19. The molecule has 2 N–H and O–H groups in total. The molecule has 28 heavy (non-hydrogen) atoms. The summed E-state index contributed by atoms with van der Waals surface area (Å²) >= 11 is 0. The van der Waals surface area contributed by atoms with E-state index in [2.05, 4.69) is 31.3 Å². The molecule has 1 aromatic heterocycles. The van der Waals surface area contributed by atoms with Crippen LogP contribution in [0, 0.1) is 0 Å². The third-order valence-electron chi connectivity index (χ3n) is 5.79. The number of nitrogens with one attached hydrogen (secondary N) is 1. The third kappa shape index (κ3) is 3.58. The monoisotopic (exact) mass is 379 g/mol. The first kappa shape index (κ1) is 19.1. The van der Waals surface area contributed by atoms with E-state index in [4.69, 9.17) is 9.72 Å². The van der Waals surface area contributed by atoms with Gasteiger partial charge in [-0.3, -0.25) is 9.88 Å². The number of aliphatic hydroxyl groups excluding tert-OH is 1. The number of nitrogens with zero attached hydrogens (tertiary/aromatic N) is 2. The van der Waals surface area contributed by atoms with Crippen molar-refractivity contribution >= 4 is 5.57 Å². The van der Waals surface area contributed by atoms with Gasteiger partial charge in [-0.15, -0.1) is 0 Å². The molecule has 1 saturated heterocycles. The van der Waals surface area contributed by atoms with E-state index in [1.54, 1.807) is 6.20 Å². The van der Waals surface area contributed by atoms with Crippen molar-refractivity contribution in [1.82, 2.24) is 15.2 Å². The highest BCUT2D eigenvalue weighted by Gasteiger charge is 2.37. The highest BCUT2D eigenvalue weighted by atomic mass is 16.5. The Kier molecular flexibility index (Phi) is 5.49. The molecular weight excluding hydrogens is 350 g/mol. The van der Waals surface area contributed by atoms with Crippen LogP contribution in [-0.2, 0) is 0 Å². The van der Waals surface area contributed by atoms with Gasteiger partial charge in [-0.25, -0.2) is 0 Å². The molecule has 0 saturated carbocycles. The zero-order valence-electron chi connectivity index (χ0n) is 16.7. The van der Waals surface area contributed by atoms with Gasteiger partial charge in [0, 0.05) is 29.4 Å². The Labute approximate surface area is 167 Å². The Morgan fingerprint density at radius 1 is 1.21 bits per heavy atom. The second kappa shape index (κ2) is 8.03. The quantitative estimate of drug-likeness (QED) is 0.780. The van der Waals surface area contributed by atoms with Gasteiger partial charge in [0.25, 0.3) is 0 Å². The number of aromatic nitrogens is 1. The molecule has 2 unspecified atom stereocenters. The average Bonchev–Trinajstić information content (AvgIpc) is 2.74. The van der Waals surface area contributed by atoms with Crippen LogP contribution in [0.3, 0.4) is 0 Å². The third-order valence-corrected chi connectivity index (χ3v) is 5.79. The maximum Gasteiger partial charge on any atom is 0.140 e. The first-order chi connectivity index (χ1) is 13.7. The van der Waals surface area contributed by atoms with Crippen LogP contribution in [0.4, 0.5) is 0 Å². The van der Waals surface area contributed by atoms with E-state index < -0.39 is 6.23 Å². The number of hydrogen-bond acceptors (Lipinski definition) is 5. The van der Waals surface area contributed by atoms with E-state index in [9.17, 15) is 5.11 Å². The van der Waals surface area contributed by atoms with Gasteiger partial charge < -0.3 is 15.2 Å². The lowest BCUT2D eigenvalue weighted by atomic mass is 9.85. The highest BCUT2D eigenvalue weighted by molar-refractivity contribution is 5.83. The Balaban J connectivity index is 1.69. The molecule has 0 bridgehead atoms. The number of aliphatic hydroxyl groups is 1. The molecule has 3 heterocycles. The maximum atomic E-state index is 10.6. The lowest BCUT2D eigenvalue weighted by molar-refractivity contribution is 0.00876. The average molecular weight is 380 g/mol. The molecule has 0 radical (unpaired) electrons. The number of rotatable bonds is 5. The van der Waals surface area contributed by atoms with Crippen LogP contribution in [-0.4, -0.2) is 46.8 Å². The molecule has 1 aromatic carbocycles. The molecule has 2 aliphatic rings. The minimum absolute atomic E-state index is 0.316. The zero-order valence-corrected chi connectivity index (χ0v) is 16.7. The molecule has 0 amide bonds.